The number of nitrogens with one attached hydrogen (secondary N) is 3. The molecule has 1 atom stereocenters. The van der Waals surface area contributed by atoms with Gasteiger partial charge in [0, 0.05) is 32.2 Å². The minimum atomic E-state index is 0.168. The van der Waals surface area contributed by atoms with Crippen molar-refractivity contribution in [3.63, 3.8) is 0 Å². The Balaban J connectivity index is 2.24. The Hall–Kier alpha value is -1.30. The number of carbonyl (C=O) groups excluding carboxylic acids is 1. The zero-order valence-corrected chi connectivity index (χ0v) is 12.2. The summed E-state index contributed by atoms with van der Waals surface area (Å²) in [4.78, 5) is 15.8. The largest absolute Gasteiger partial charge is 0.383 e. The summed E-state index contributed by atoms with van der Waals surface area (Å²) >= 11 is 0. The van der Waals surface area contributed by atoms with Gasteiger partial charge < -0.3 is 20.7 Å². The summed E-state index contributed by atoms with van der Waals surface area (Å²) in [5.74, 6) is 1.19. The lowest BCUT2D eigenvalue weighted by Gasteiger charge is -2.17. The molecule has 0 aromatic carbocycles. The quantitative estimate of drug-likeness (QED) is 0.332. The van der Waals surface area contributed by atoms with E-state index in [2.05, 4.69) is 20.9 Å². The fraction of sp³-hybridized carbons (Fsp3) is 0.846. The van der Waals surface area contributed by atoms with Crippen LogP contribution in [-0.2, 0) is 9.53 Å². The van der Waals surface area contributed by atoms with Crippen LogP contribution in [0.5, 0.6) is 0 Å². The Morgan fingerprint density at radius 2 is 2.16 bits per heavy atom. The number of nitrogens with zero attached hydrogens (tertiary/aromatic N) is 1. The molecule has 1 unspecified atom stereocenters. The monoisotopic (exact) mass is 270 g/mol. The molecular formula is C13H26N4O2. The van der Waals surface area contributed by atoms with Crippen LogP contribution in [0.2, 0.25) is 0 Å². The van der Waals surface area contributed by atoms with E-state index in [1.165, 1.54) is 0 Å². The highest BCUT2D eigenvalue weighted by Crippen LogP contribution is 2.28. The molecule has 0 heterocycles. The van der Waals surface area contributed by atoms with Crippen LogP contribution in [0.1, 0.15) is 26.7 Å². The molecule has 19 heavy (non-hydrogen) atoms. The summed E-state index contributed by atoms with van der Waals surface area (Å²) in [6.45, 7) is 6.65. The van der Waals surface area contributed by atoms with E-state index >= 15 is 0 Å². The maximum atomic E-state index is 11.4. The maximum absolute atomic E-state index is 11.4. The summed E-state index contributed by atoms with van der Waals surface area (Å²) in [5.41, 5.74) is 0. The van der Waals surface area contributed by atoms with Crippen LogP contribution in [-0.4, -0.2) is 51.3 Å². The lowest BCUT2D eigenvalue weighted by atomic mass is 10.4. The van der Waals surface area contributed by atoms with Crippen molar-refractivity contribution in [3.05, 3.63) is 0 Å². The second-order valence-electron chi connectivity index (χ2n) is 4.83. The van der Waals surface area contributed by atoms with E-state index in [9.17, 15) is 4.79 Å². The zero-order valence-electron chi connectivity index (χ0n) is 12.2. The molecule has 0 bridgehead atoms. The number of rotatable bonds is 8. The molecule has 1 amide bonds. The number of aliphatic imine (C=N–C) groups is 1. The van der Waals surface area contributed by atoms with Crippen LogP contribution >= 0.6 is 0 Å². The molecule has 1 aliphatic rings. The SMILES string of the molecule is CCNC(=NCCNC(=O)C1CC1)NC(C)COC. The summed E-state index contributed by atoms with van der Waals surface area (Å²) < 4.78 is 5.07. The van der Waals surface area contributed by atoms with Crippen LogP contribution in [0.3, 0.4) is 0 Å². The molecular weight excluding hydrogens is 244 g/mol. The molecule has 0 saturated heterocycles. The standard InChI is InChI=1S/C13H26N4O2/c1-4-14-13(17-10(2)9-19-3)16-8-7-15-12(18)11-5-6-11/h10-11H,4-9H2,1-3H3,(H,15,18)(H2,14,16,17). The summed E-state index contributed by atoms with van der Waals surface area (Å²) in [6, 6.07) is 0.198. The van der Waals surface area contributed by atoms with Crippen molar-refractivity contribution >= 4 is 11.9 Å². The van der Waals surface area contributed by atoms with Crippen molar-refractivity contribution in [1.29, 1.82) is 0 Å². The van der Waals surface area contributed by atoms with Gasteiger partial charge in [-0.25, -0.2) is 0 Å². The lowest BCUT2D eigenvalue weighted by molar-refractivity contribution is -0.122. The van der Waals surface area contributed by atoms with Gasteiger partial charge in [0.1, 0.15) is 0 Å². The van der Waals surface area contributed by atoms with Gasteiger partial charge in [0.2, 0.25) is 5.91 Å². The number of amides is 1. The van der Waals surface area contributed by atoms with E-state index in [0.29, 0.717) is 19.7 Å². The molecule has 0 aromatic heterocycles. The molecule has 0 aliphatic heterocycles. The Morgan fingerprint density at radius 1 is 1.42 bits per heavy atom. The number of hydrogen-bond acceptors (Lipinski definition) is 3. The Labute approximate surface area is 115 Å². The smallest absolute Gasteiger partial charge is 0.223 e. The van der Waals surface area contributed by atoms with E-state index in [4.69, 9.17) is 4.74 Å². The zero-order chi connectivity index (χ0) is 14.1. The fourth-order valence-corrected chi connectivity index (χ4v) is 1.68. The predicted octanol–water partition coefficient (Wildman–Crippen LogP) is 0.103. The maximum Gasteiger partial charge on any atom is 0.223 e. The summed E-state index contributed by atoms with van der Waals surface area (Å²) in [6.07, 6.45) is 2.07. The van der Waals surface area contributed by atoms with Crippen molar-refractivity contribution in [3.8, 4) is 0 Å². The van der Waals surface area contributed by atoms with Crippen molar-refractivity contribution in [1.82, 2.24) is 16.0 Å². The van der Waals surface area contributed by atoms with E-state index < -0.39 is 0 Å². The highest BCUT2D eigenvalue weighted by atomic mass is 16.5. The van der Waals surface area contributed by atoms with E-state index in [0.717, 1.165) is 25.3 Å². The van der Waals surface area contributed by atoms with Crippen molar-refractivity contribution in [2.75, 3.05) is 33.4 Å². The topological polar surface area (TPSA) is 74.8 Å². The molecule has 0 spiro atoms. The van der Waals surface area contributed by atoms with E-state index in [1.807, 2.05) is 13.8 Å². The lowest BCUT2D eigenvalue weighted by Crippen LogP contribution is -2.44. The fourth-order valence-electron chi connectivity index (χ4n) is 1.68. The van der Waals surface area contributed by atoms with Gasteiger partial charge >= 0.3 is 0 Å². The number of methoxy groups -OCH3 is 1. The first kappa shape index (κ1) is 15.8. The van der Waals surface area contributed by atoms with Crippen molar-refractivity contribution in [2.24, 2.45) is 10.9 Å². The number of guanidine groups is 1. The third kappa shape index (κ3) is 7.00. The van der Waals surface area contributed by atoms with Gasteiger partial charge in [-0.15, -0.1) is 0 Å². The van der Waals surface area contributed by atoms with Crippen LogP contribution in [0.4, 0.5) is 0 Å². The van der Waals surface area contributed by atoms with Crippen LogP contribution < -0.4 is 16.0 Å². The van der Waals surface area contributed by atoms with Crippen LogP contribution in [0.25, 0.3) is 0 Å². The molecule has 1 aliphatic carbocycles. The molecule has 0 aromatic rings. The van der Waals surface area contributed by atoms with Crippen LogP contribution in [0.15, 0.2) is 4.99 Å². The predicted molar refractivity (Wildman–Crippen MR) is 76.2 cm³/mol. The Morgan fingerprint density at radius 3 is 2.74 bits per heavy atom. The van der Waals surface area contributed by atoms with E-state index in [1.54, 1.807) is 7.11 Å². The summed E-state index contributed by atoms with van der Waals surface area (Å²) in [5, 5.41) is 9.30. The highest BCUT2D eigenvalue weighted by Gasteiger charge is 2.28. The van der Waals surface area contributed by atoms with Gasteiger partial charge in [0.05, 0.1) is 13.2 Å². The normalized spacial score (nSPS) is 16.9. The molecule has 1 fully saturated rings. The van der Waals surface area contributed by atoms with Crippen molar-refractivity contribution in [2.45, 2.75) is 32.7 Å². The van der Waals surface area contributed by atoms with Gasteiger partial charge in [0.25, 0.3) is 0 Å². The van der Waals surface area contributed by atoms with Gasteiger partial charge in [0.15, 0.2) is 5.96 Å². The minimum Gasteiger partial charge on any atom is -0.383 e. The number of hydrogen-bond donors (Lipinski definition) is 3. The highest BCUT2D eigenvalue weighted by molar-refractivity contribution is 5.81. The molecule has 6 heteroatoms. The first-order chi connectivity index (χ1) is 9.17. The van der Waals surface area contributed by atoms with E-state index in [-0.39, 0.29) is 17.9 Å². The third-order valence-corrected chi connectivity index (χ3v) is 2.77. The first-order valence-corrected chi connectivity index (χ1v) is 6.98. The van der Waals surface area contributed by atoms with Crippen molar-refractivity contribution < 1.29 is 9.53 Å². The Kier molecular flexibility index (Phi) is 7.25. The van der Waals surface area contributed by atoms with Gasteiger partial charge in [-0.05, 0) is 26.7 Å². The van der Waals surface area contributed by atoms with Gasteiger partial charge in [-0.3, -0.25) is 9.79 Å². The average molecular weight is 270 g/mol. The van der Waals surface area contributed by atoms with Gasteiger partial charge in [-0.1, -0.05) is 0 Å². The molecule has 6 nitrogen and oxygen atoms in total. The second kappa shape index (κ2) is 8.74. The molecule has 3 N–H and O–H groups in total. The molecule has 1 rings (SSSR count). The van der Waals surface area contributed by atoms with Gasteiger partial charge in [-0.2, -0.15) is 0 Å². The number of carbonyl (C=O) groups is 1. The van der Waals surface area contributed by atoms with Crippen LogP contribution in [0, 0.1) is 5.92 Å². The average Bonchev–Trinajstić information content (AvgIpc) is 3.19. The summed E-state index contributed by atoms with van der Waals surface area (Å²) in [7, 11) is 1.68. The molecule has 110 valence electrons. The molecule has 1 saturated carbocycles. The Bertz CT molecular complexity index is 303. The number of ether oxygens (including phenoxy) is 1. The third-order valence-electron chi connectivity index (χ3n) is 2.77. The minimum absolute atomic E-state index is 0.168. The first-order valence-electron chi connectivity index (χ1n) is 6.98. The second-order valence-corrected chi connectivity index (χ2v) is 4.83. The molecule has 0 radical (unpaired) electrons.